The number of nitrogens with zero attached hydrogens (tertiary/aromatic N) is 3. The van der Waals surface area contributed by atoms with Gasteiger partial charge in [0.15, 0.2) is 0 Å². The Kier molecular flexibility index (Phi) is 3.20. The molecule has 6 heteroatoms. The second kappa shape index (κ2) is 5.16. The van der Waals surface area contributed by atoms with Gasteiger partial charge in [-0.15, -0.1) is 0 Å². The van der Waals surface area contributed by atoms with Gasteiger partial charge in [-0.1, -0.05) is 18.2 Å². The van der Waals surface area contributed by atoms with Gasteiger partial charge in [0.2, 0.25) is 11.8 Å². The molecule has 0 bridgehead atoms. The second-order valence-electron chi connectivity index (χ2n) is 4.66. The lowest BCUT2D eigenvalue weighted by atomic mass is 10.1. The first-order valence-corrected chi connectivity index (χ1v) is 6.35. The Morgan fingerprint density at radius 3 is 2.90 bits per heavy atom. The third kappa shape index (κ3) is 2.54. The van der Waals surface area contributed by atoms with E-state index in [2.05, 4.69) is 10.4 Å². The lowest BCUT2D eigenvalue weighted by Crippen LogP contribution is -2.37. The predicted molar refractivity (Wildman–Crippen MR) is 72.7 cm³/mol. The van der Waals surface area contributed by atoms with E-state index in [0.717, 1.165) is 11.3 Å². The summed E-state index contributed by atoms with van der Waals surface area (Å²) in [5, 5.41) is 6.82. The summed E-state index contributed by atoms with van der Waals surface area (Å²) in [6.45, 7) is 0.631. The quantitative estimate of drug-likeness (QED) is 0.880. The largest absolute Gasteiger partial charge is 0.327 e. The first-order chi connectivity index (χ1) is 9.72. The molecule has 0 unspecified atom stereocenters. The van der Waals surface area contributed by atoms with E-state index in [-0.39, 0.29) is 24.9 Å². The number of rotatable bonds is 2. The average molecular weight is 270 g/mol. The normalized spacial score (nSPS) is 14.4. The summed E-state index contributed by atoms with van der Waals surface area (Å²) in [4.78, 5) is 25.6. The molecule has 3 rings (SSSR count). The van der Waals surface area contributed by atoms with Crippen molar-refractivity contribution in [2.45, 2.75) is 13.1 Å². The molecule has 0 aliphatic carbocycles. The van der Waals surface area contributed by atoms with E-state index in [4.69, 9.17) is 0 Å². The number of amides is 2. The molecule has 1 aromatic heterocycles. The number of anilines is 1. The molecule has 0 fully saturated rings. The standard InChI is InChI=1S/C14H14N4O2/c19-13-9-17(14(20)10-18-7-3-6-15-18)8-11-4-1-2-5-12(11)16-13/h1-7H,8-10H2,(H,16,19). The van der Waals surface area contributed by atoms with Crippen LogP contribution < -0.4 is 5.32 Å². The maximum absolute atomic E-state index is 12.3. The van der Waals surface area contributed by atoms with Crippen LogP contribution in [0.3, 0.4) is 0 Å². The Morgan fingerprint density at radius 2 is 2.10 bits per heavy atom. The Bertz CT molecular complexity index is 636. The van der Waals surface area contributed by atoms with Crippen LogP contribution in [0.25, 0.3) is 0 Å². The number of hydrogen-bond acceptors (Lipinski definition) is 3. The number of benzene rings is 1. The fraction of sp³-hybridized carbons (Fsp3) is 0.214. The molecule has 1 N–H and O–H groups in total. The number of nitrogens with one attached hydrogen (secondary N) is 1. The van der Waals surface area contributed by atoms with Crippen LogP contribution in [0.15, 0.2) is 42.7 Å². The Labute approximate surface area is 116 Å². The molecule has 1 aliphatic heterocycles. The molecule has 102 valence electrons. The van der Waals surface area contributed by atoms with E-state index >= 15 is 0 Å². The Balaban J connectivity index is 1.80. The van der Waals surface area contributed by atoms with Gasteiger partial charge in [0.05, 0.1) is 0 Å². The topological polar surface area (TPSA) is 67.2 Å². The van der Waals surface area contributed by atoms with Crippen LogP contribution in [-0.2, 0) is 22.7 Å². The van der Waals surface area contributed by atoms with Gasteiger partial charge >= 0.3 is 0 Å². The van der Waals surface area contributed by atoms with Gasteiger partial charge < -0.3 is 10.2 Å². The summed E-state index contributed by atoms with van der Waals surface area (Å²) in [5.74, 6) is -0.302. The molecule has 2 amide bonds. The van der Waals surface area contributed by atoms with Crippen LogP contribution in [-0.4, -0.2) is 33.0 Å². The number of aromatic nitrogens is 2. The minimum absolute atomic E-state index is 0.0643. The summed E-state index contributed by atoms with van der Waals surface area (Å²) in [7, 11) is 0. The van der Waals surface area contributed by atoms with Crippen molar-refractivity contribution < 1.29 is 9.59 Å². The van der Waals surface area contributed by atoms with Crippen LogP contribution in [0.2, 0.25) is 0 Å². The van der Waals surface area contributed by atoms with E-state index in [1.807, 2.05) is 24.3 Å². The molecule has 20 heavy (non-hydrogen) atoms. The molecule has 0 saturated heterocycles. The highest BCUT2D eigenvalue weighted by molar-refractivity contribution is 5.96. The van der Waals surface area contributed by atoms with Crippen molar-refractivity contribution in [1.29, 1.82) is 0 Å². The number of carbonyl (C=O) groups excluding carboxylic acids is 2. The highest BCUT2D eigenvalue weighted by Crippen LogP contribution is 2.20. The van der Waals surface area contributed by atoms with Crippen LogP contribution >= 0.6 is 0 Å². The number of para-hydroxylation sites is 1. The minimum Gasteiger partial charge on any atom is -0.327 e. The SMILES string of the molecule is O=C1CN(C(=O)Cn2cccn2)Cc2ccccc2N1. The maximum atomic E-state index is 12.3. The van der Waals surface area contributed by atoms with Gasteiger partial charge in [0.1, 0.15) is 13.1 Å². The lowest BCUT2D eigenvalue weighted by molar-refractivity contribution is -0.135. The summed E-state index contributed by atoms with van der Waals surface area (Å²) in [6, 6.07) is 9.27. The fourth-order valence-electron chi connectivity index (χ4n) is 2.21. The van der Waals surface area contributed by atoms with Crippen molar-refractivity contribution in [2.24, 2.45) is 0 Å². The number of hydrogen-bond donors (Lipinski definition) is 1. The van der Waals surface area contributed by atoms with E-state index in [1.165, 1.54) is 0 Å². The fourth-order valence-corrected chi connectivity index (χ4v) is 2.21. The van der Waals surface area contributed by atoms with E-state index < -0.39 is 0 Å². The van der Waals surface area contributed by atoms with Gasteiger partial charge in [-0.3, -0.25) is 14.3 Å². The monoisotopic (exact) mass is 270 g/mol. The van der Waals surface area contributed by atoms with Crippen LogP contribution in [0.4, 0.5) is 5.69 Å². The minimum atomic E-state index is -0.177. The van der Waals surface area contributed by atoms with Crippen molar-refractivity contribution in [2.75, 3.05) is 11.9 Å². The molecule has 0 saturated carbocycles. The summed E-state index contributed by atoms with van der Waals surface area (Å²) in [5.41, 5.74) is 1.71. The van der Waals surface area contributed by atoms with Gasteiger partial charge in [-0.25, -0.2) is 0 Å². The number of carbonyl (C=O) groups is 2. The highest BCUT2D eigenvalue weighted by atomic mass is 16.2. The Morgan fingerprint density at radius 1 is 1.25 bits per heavy atom. The van der Waals surface area contributed by atoms with Crippen molar-refractivity contribution in [3.05, 3.63) is 48.3 Å². The highest BCUT2D eigenvalue weighted by Gasteiger charge is 2.22. The van der Waals surface area contributed by atoms with E-state index in [9.17, 15) is 9.59 Å². The van der Waals surface area contributed by atoms with Crippen molar-refractivity contribution in [1.82, 2.24) is 14.7 Å². The third-order valence-corrected chi connectivity index (χ3v) is 3.20. The summed E-state index contributed by atoms with van der Waals surface area (Å²) in [6.07, 6.45) is 3.35. The molecule has 6 nitrogen and oxygen atoms in total. The van der Waals surface area contributed by atoms with Crippen LogP contribution in [0.5, 0.6) is 0 Å². The Hall–Kier alpha value is -2.63. The van der Waals surface area contributed by atoms with Crippen LogP contribution in [0, 0.1) is 0 Å². The molecule has 0 radical (unpaired) electrons. The molecule has 0 spiro atoms. The second-order valence-corrected chi connectivity index (χ2v) is 4.66. The number of fused-ring (bicyclic) bond motifs is 1. The van der Waals surface area contributed by atoms with Gasteiger partial charge in [0.25, 0.3) is 0 Å². The molecule has 2 heterocycles. The van der Waals surface area contributed by atoms with Crippen molar-refractivity contribution >= 4 is 17.5 Å². The average Bonchev–Trinajstić information content (AvgIpc) is 2.86. The van der Waals surface area contributed by atoms with Crippen LogP contribution in [0.1, 0.15) is 5.56 Å². The molecular weight excluding hydrogens is 256 g/mol. The lowest BCUT2D eigenvalue weighted by Gasteiger charge is -2.19. The molecular formula is C14H14N4O2. The van der Waals surface area contributed by atoms with Gasteiger partial charge in [0, 0.05) is 24.6 Å². The van der Waals surface area contributed by atoms with Gasteiger partial charge in [-0.2, -0.15) is 5.10 Å². The molecule has 1 aromatic carbocycles. The summed E-state index contributed by atoms with van der Waals surface area (Å²) >= 11 is 0. The van der Waals surface area contributed by atoms with Crippen molar-refractivity contribution in [3.8, 4) is 0 Å². The molecule has 0 atom stereocenters. The van der Waals surface area contributed by atoms with E-state index in [1.54, 1.807) is 28.0 Å². The zero-order valence-corrected chi connectivity index (χ0v) is 10.8. The summed E-state index contributed by atoms with van der Waals surface area (Å²) < 4.78 is 1.55. The molecule has 1 aliphatic rings. The zero-order valence-electron chi connectivity index (χ0n) is 10.8. The first-order valence-electron chi connectivity index (χ1n) is 6.35. The first kappa shape index (κ1) is 12.4. The maximum Gasteiger partial charge on any atom is 0.245 e. The zero-order chi connectivity index (χ0) is 13.9. The molecule has 2 aromatic rings. The van der Waals surface area contributed by atoms with Gasteiger partial charge in [-0.05, 0) is 17.7 Å². The smallest absolute Gasteiger partial charge is 0.245 e. The van der Waals surface area contributed by atoms with E-state index in [0.29, 0.717) is 6.54 Å². The third-order valence-electron chi connectivity index (χ3n) is 3.20. The predicted octanol–water partition coefficient (Wildman–Crippen LogP) is 0.864. The van der Waals surface area contributed by atoms with Crippen molar-refractivity contribution in [3.63, 3.8) is 0 Å².